The van der Waals surface area contributed by atoms with Gasteiger partial charge in [0.05, 0.1) is 0 Å². The number of nitrogens with zero attached hydrogens (tertiary/aromatic N) is 2. The molecule has 1 unspecified atom stereocenters. The van der Waals surface area contributed by atoms with Gasteiger partial charge in [-0.1, -0.05) is 38.1 Å². The average molecular weight is 472 g/mol. The molecule has 1 aliphatic rings. The van der Waals surface area contributed by atoms with Gasteiger partial charge in [-0.15, -0.1) is 24.0 Å². The van der Waals surface area contributed by atoms with E-state index in [1.807, 2.05) is 7.05 Å². The first-order valence-corrected chi connectivity index (χ1v) is 9.80. The first kappa shape index (κ1) is 23.2. The molecule has 0 saturated carbocycles. The van der Waals surface area contributed by atoms with Gasteiger partial charge in [-0.2, -0.15) is 0 Å². The van der Waals surface area contributed by atoms with Crippen LogP contribution in [0.1, 0.15) is 50.2 Å². The maximum atomic E-state index is 4.35. The maximum absolute atomic E-state index is 4.35. The molecule has 1 fully saturated rings. The molecule has 0 spiro atoms. The highest BCUT2D eigenvalue weighted by atomic mass is 127. The highest BCUT2D eigenvalue weighted by Crippen LogP contribution is 2.15. The molecule has 0 radical (unpaired) electrons. The van der Waals surface area contributed by atoms with Crippen LogP contribution in [0.2, 0.25) is 0 Å². The van der Waals surface area contributed by atoms with Crippen molar-refractivity contribution in [3.63, 3.8) is 0 Å². The normalized spacial score (nSPS) is 18.5. The van der Waals surface area contributed by atoms with Crippen LogP contribution in [0, 0.1) is 5.92 Å². The number of rotatable bonds is 7. The lowest BCUT2D eigenvalue weighted by Crippen LogP contribution is -2.43. The number of nitrogens with one attached hydrogen (secondary N) is 2. The molecule has 4 nitrogen and oxygen atoms in total. The Labute approximate surface area is 177 Å². The number of piperidine rings is 1. The predicted octanol–water partition coefficient (Wildman–Crippen LogP) is 3.87. The largest absolute Gasteiger partial charge is 0.356 e. The lowest BCUT2D eigenvalue weighted by molar-refractivity contribution is 0.210. The fraction of sp³-hybridized carbons (Fsp3) is 0.667. The second-order valence-corrected chi connectivity index (χ2v) is 7.65. The van der Waals surface area contributed by atoms with E-state index in [2.05, 4.69) is 65.7 Å². The van der Waals surface area contributed by atoms with Crippen molar-refractivity contribution in [1.29, 1.82) is 0 Å². The summed E-state index contributed by atoms with van der Waals surface area (Å²) in [7, 11) is 4.07. The van der Waals surface area contributed by atoms with Crippen molar-refractivity contribution in [2.45, 2.75) is 45.4 Å². The summed E-state index contributed by atoms with van der Waals surface area (Å²) in [5, 5.41) is 6.94. The first-order chi connectivity index (χ1) is 12.1. The van der Waals surface area contributed by atoms with Crippen molar-refractivity contribution < 1.29 is 0 Å². The number of hydrogen-bond donors (Lipinski definition) is 2. The fourth-order valence-electron chi connectivity index (χ4n) is 3.47. The number of likely N-dealkylation sites (tertiary alicyclic amines) is 1. The average Bonchev–Trinajstić information content (AvgIpc) is 2.61. The molecule has 1 atom stereocenters. The van der Waals surface area contributed by atoms with E-state index in [0.717, 1.165) is 37.8 Å². The summed E-state index contributed by atoms with van der Waals surface area (Å²) < 4.78 is 0. The summed E-state index contributed by atoms with van der Waals surface area (Å²) >= 11 is 0. The van der Waals surface area contributed by atoms with Gasteiger partial charge < -0.3 is 15.5 Å². The standard InChI is InChI=1S/C21H36N4.HI/c1-17(2)20-11-9-18(10-12-20)7-5-13-23-21(22-3)24-15-19-8-6-14-25(4)16-19;/h9-12,17,19H,5-8,13-16H2,1-4H3,(H2,22,23,24);1H. The fourth-order valence-corrected chi connectivity index (χ4v) is 3.47. The van der Waals surface area contributed by atoms with Gasteiger partial charge in [0.1, 0.15) is 0 Å². The molecule has 2 N–H and O–H groups in total. The van der Waals surface area contributed by atoms with Crippen LogP contribution in [0.25, 0.3) is 0 Å². The summed E-state index contributed by atoms with van der Waals surface area (Å²) in [5.74, 6) is 2.27. The van der Waals surface area contributed by atoms with Gasteiger partial charge in [0, 0.05) is 26.7 Å². The Morgan fingerprint density at radius 2 is 1.96 bits per heavy atom. The van der Waals surface area contributed by atoms with E-state index in [0.29, 0.717) is 5.92 Å². The minimum atomic E-state index is 0. The molecule has 5 heteroatoms. The first-order valence-electron chi connectivity index (χ1n) is 9.80. The summed E-state index contributed by atoms with van der Waals surface area (Å²) in [4.78, 5) is 6.78. The van der Waals surface area contributed by atoms with Crippen molar-refractivity contribution in [3.05, 3.63) is 35.4 Å². The monoisotopic (exact) mass is 472 g/mol. The van der Waals surface area contributed by atoms with Crippen molar-refractivity contribution in [2.75, 3.05) is 40.3 Å². The Hall–Kier alpha value is -0.820. The Balaban J connectivity index is 0.00000338. The molecule has 26 heavy (non-hydrogen) atoms. The van der Waals surface area contributed by atoms with Crippen LogP contribution in [-0.2, 0) is 6.42 Å². The zero-order chi connectivity index (χ0) is 18.1. The van der Waals surface area contributed by atoms with Gasteiger partial charge in [-0.3, -0.25) is 4.99 Å². The quantitative estimate of drug-likeness (QED) is 0.274. The summed E-state index contributed by atoms with van der Waals surface area (Å²) in [5.41, 5.74) is 2.83. The van der Waals surface area contributed by atoms with E-state index in [4.69, 9.17) is 0 Å². The lowest BCUT2D eigenvalue weighted by Gasteiger charge is -2.30. The molecule has 0 bridgehead atoms. The molecule has 0 amide bonds. The molecule has 1 heterocycles. The molecule has 0 aliphatic carbocycles. The Morgan fingerprint density at radius 1 is 1.23 bits per heavy atom. The van der Waals surface area contributed by atoms with Crippen LogP contribution in [0.4, 0.5) is 0 Å². The second kappa shape index (κ2) is 12.5. The molecule has 0 aromatic heterocycles. The summed E-state index contributed by atoms with van der Waals surface area (Å²) in [6.45, 7) is 8.88. The molecule has 2 rings (SSSR count). The number of halogens is 1. The number of guanidine groups is 1. The van der Waals surface area contributed by atoms with Gasteiger partial charge in [-0.05, 0) is 62.2 Å². The molecule has 1 aliphatic heterocycles. The minimum Gasteiger partial charge on any atom is -0.356 e. The molecular formula is C21H37IN4. The third-order valence-electron chi connectivity index (χ3n) is 5.08. The van der Waals surface area contributed by atoms with E-state index in [9.17, 15) is 0 Å². The molecule has 1 aromatic carbocycles. The topological polar surface area (TPSA) is 39.7 Å². The number of aryl methyl sites for hydroxylation is 1. The van der Waals surface area contributed by atoms with E-state index in [1.165, 1.54) is 37.1 Å². The van der Waals surface area contributed by atoms with Crippen molar-refractivity contribution >= 4 is 29.9 Å². The number of hydrogen-bond acceptors (Lipinski definition) is 2. The molecule has 1 aromatic rings. The Kier molecular flexibility index (Phi) is 11.2. The third-order valence-corrected chi connectivity index (χ3v) is 5.08. The summed E-state index contributed by atoms with van der Waals surface area (Å²) in [6.07, 6.45) is 4.86. The molecule has 1 saturated heterocycles. The molecular weight excluding hydrogens is 435 g/mol. The van der Waals surface area contributed by atoms with Crippen molar-refractivity contribution in [3.8, 4) is 0 Å². The van der Waals surface area contributed by atoms with E-state index < -0.39 is 0 Å². The smallest absolute Gasteiger partial charge is 0.190 e. The van der Waals surface area contributed by atoms with Crippen LogP contribution >= 0.6 is 24.0 Å². The third kappa shape index (κ3) is 8.25. The highest BCUT2D eigenvalue weighted by Gasteiger charge is 2.17. The van der Waals surface area contributed by atoms with Gasteiger partial charge in [-0.25, -0.2) is 0 Å². The van der Waals surface area contributed by atoms with Gasteiger partial charge in [0.2, 0.25) is 0 Å². The van der Waals surface area contributed by atoms with E-state index in [1.54, 1.807) is 0 Å². The Morgan fingerprint density at radius 3 is 2.58 bits per heavy atom. The van der Waals surface area contributed by atoms with Crippen molar-refractivity contribution in [1.82, 2.24) is 15.5 Å². The zero-order valence-corrected chi connectivity index (χ0v) is 19.3. The van der Waals surface area contributed by atoms with Crippen LogP contribution in [0.5, 0.6) is 0 Å². The van der Waals surface area contributed by atoms with Gasteiger partial charge in [0.15, 0.2) is 5.96 Å². The van der Waals surface area contributed by atoms with E-state index >= 15 is 0 Å². The Bertz CT molecular complexity index is 527. The SMILES string of the molecule is CN=C(NCCCc1ccc(C(C)C)cc1)NCC1CCCN(C)C1.I. The number of aliphatic imine (C=N–C) groups is 1. The zero-order valence-electron chi connectivity index (χ0n) is 16.9. The predicted molar refractivity (Wildman–Crippen MR) is 124 cm³/mol. The minimum absolute atomic E-state index is 0. The van der Waals surface area contributed by atoms with Gasteiger partial charge >= 0.3 is 0 Å². The van der Waals surface area contributed by atoms with Crippen LogP contribution in [0.3, 0.4) is 0 Å². The van der Waals surface area contributed by atoms with Crippen LogP contribution in [-0.4, -0.2) is 51.1 Å². The van der Waals surface area contributed by atoms with Crippen LogP contribution < -0.4 is 10.6 Å². The van der Waals surface area contributed by atoms with Gasteiger partial charge in [0.25, 0.3) is 0 Å². The summed E-state index contributed by atoms with van der Waals surface area (Å²) in [6, 6.07) is 9.05. The molecule has 148 valence electrons. The van der Waals surface area contributed by atoms with Crippen LogP contribution in [0.15, 0.2) is 29.3 Å². The second-order valence-electron chi connectivity index (χ2n) is 7.65. The van der Waals surface area contributed by atoms with E-state index in [-0.39, 0.29) is 24.0 Å². The maximum Gasteiger partial charge on any atom is 0.190 e. The lowest BCUT2D eigenvalue weighted by atomic mass is 9.99. The van der Waals surface area contributed by atoms with Crippen molar-refractivity contribution in [2.24, 2.45) is 10.9 Å². The highest BCUT2D eigenvalue weighted by molar-refractivity contribution is 14.0. The number of benzene rings is 1.